The molecule has 0 saturated carbocycles. The van der Waals surface area contributed by atoms with Gasteiger partial charge in [-0.2, -0.15) is 0 Å². The molecule has 0 spiro atoms. The minimum atomic E-state index is 1.02. The van der Waals surface area contributed by atoms with Crippen LogP contribution in [0.15, 0.2) is 24.3 Å². The number of alkyl halides is 1. The van der Waals surface area contributed by atoms with Crippen LogP contribution in [0.1, 0.15) is 11.3 Å². The third-order valence-corrected chi connectivity index (χ3v) is 2.77. The summed E-state index contributed by atoms with van der Waals surface area (Å²) in [7, 11) is 0. The first kappa shape index (κ1) is 8.82. The Balaban J connectivity index is 2.64. The van der Waals surface area contributed by atoms with Crippen molar-refractivity contribution < 1.29 is 0 Å². The van der Waals surface area contributed by atoms with E-state index in [0.29, 0.717) is 0 Å². The molecule has 2 rings (SSSR count). The number of H-pyrrole nitrogens is 1. The van der Waals surface area contributed by atoms with Gasteiger partial charge in [0.1, 0.15) is 0 Å². The highest BCUT2D eigenvalue weighted by atomic mass is 79.9. The number of halogens is 1. The molecular formula is C11H12BrN. The molecule has 0 radical (unpaired) electrons. The van der Waals surface area contributed by atoms with Crippen molar-refractivity contribution in [3.8, 4) is 0 Å². The third kappa shape index (κ3) is 1.51. The van der Waals surface area contributed by atoms with Crippen LogP contribution in [-0.4, -0.2) is 10.3 Å². The molecule has 0 aliphatic carbocycles. The van der Waals surface area contributed by atoms with Gasteiger partial charge < -0.3 is 4.98 Å². The summed E-state index contributed by atoms with van der Waals surface area (Å²) in [5.41, 5.74) is 3.98. The van der Waals surface area contributed by atoms with Gasteiger partial charge in [0.25, 0.3) is 0 Å². The molecule has 2 heteroatoms. The summed E-state index contributed by atoms with van der Waals surface area (Å²) in [6.07, 6.45) is 1.09. The fourth-order valence-corrected chi connectivity index (χ4v) is 2.15. The number of benzene rings is 1. The first-order valence-electron chi connectivity index (χ1n) is 4.45. The van der Waals surface area contributed by atoms with Crippen LogP contribution in [0.3, 0.4) is 0 Å². The average molecular weight is 238 g/mol. The minimum Gasteiger partial charge on any atom is -0.358 e. The summed E-state index contributed by atoms with van der Waals surface area (Å²) in [4.78, 5) is 3.39. The first-order chi connectivity index (χ1) is 6.33. The van der Waals surface area contributed by atoms with Gasteiger partial charge in [0.15, 0.2) is 0 Å². The highest BCUT2D eigenvalue weighted by Crippen LogP contribution is 2.22. The second-order valence-corrected chi connectivity index (χ2v) is 4.01. The van der Waals surface area contributed by atoms with Crippen LogP contribution in [0.2, 0.25) is 0 Å². The predicted octanol–water partition coefficient (Wildman–Crippen LogP) is 3.41. The van der Waals surface area contributed by atoms with Gasteiger partial charge in [0.05, 0.1) is 0 Å². The molecule has 1 N–H and O–H groups in total. The van der Waals surface area contributed by atoms with E-state index in [1.165, 1.54) is 22.2 Å². The van der Waals surface area contributed by atoms with E-state index in [2.05, 4.69) is 52.1 Å². The summed E-state index contributed by atoms with van der Waals surface area (Å²) >= 11 is 3.48. The molecule has 1 aromatic heterocycles. The quantitative estimate of drug-likeness (QED) is 0.771. The number of hydrogen-bond acceptors (Lipinski definition) is 0. The second-order valence-electron chi connectivity index (χ2n) is 3.21. The van der Waals surface area contributed by atoms with Crippen LogP contribution in [-0.2, 0) is 6.42 Å². The maximum Gasteiger partial charge on any atom is 0.0458 e. The molecule has 0 amide bonds. The molecule has 68 valence electrons. The summed E-state index contributed by atoms with van der Waals surface area (Å²) in [5, 5.41) is 2.38. The van der Waals surface area contributed by atoms with Gasteiger partial charge in [-0.1, -0.05) is 34.1 Å². The van der Waals surface area contributed by atoms with Crippen LogP contribution < -0.4 is 0 Å². The van der Waals surface area contributed by atoms with Gasteiger partial charge in [0, 0.05) is 21.9 Å². The van der Waals surface area contributed by atoms with Crippen LogP contribution in [0, 0.1) is 6.92 Å². The van der Waals surface area contributed by atoms with Crippen molar-refractivity contribution in [1.82, 2.24) is 4.98 Å². The van der Waals surface area contributed by atoms with E-state index in [0.717, 1.165) is 11.8 Å². The standard InChI is InChI=1S/C11H12BrN/c1-8-9(6-7-12)10-4-2-3-5-11(10)13-8/h2-5,13H,6-7H2,1H3. The van der Waals surface area contributed by atoms with Crippen LogP contribution >= 0.6 is 15.9 Å². The van der Waals surface area contributed by atoms with Gasteiger partial charge in [-0.05, 0) is 25.0 Å². The SMILES string of the molecule is Cc1[nH]c2ccccc2c1CCBr. The Morgan fingerprint density at radius 1 is 1.31 bits per heavy atom. The molecule has 0 aliphatic rings. The third-order valence-electron chi connectivity index (χ3n) is 2.37. The molecule has 0 unspecified atom stereocenters. The summed E-state index contributed by atoms with van der Waals surface area (Å²) in [6, 6.07) is 8.46. The number of para-hydroxylation sites is 1. The normalized spacial score (nSPS) is 10.9. The van der Waals surface area contributed by atoms with E-state index >= 15 is 0 Å². The summed E-state index contributed by atoms with van der Waals surface area (Å²) < 4.78 is 0. The van der Waals surface area contributed by atoms with E-state index in [1.54, 1.807) is 0 Å². The Morgan fingerprint density at radius 3 is 2.85 bits per heavy atom. The highest BCUT2D eigenvalue weighted by molar-refractivity contribution is 9.09. The number of rotatable bonds is 2. The van der Waals surface area contributed by atoms with E-state index < -0.39 is 0 Å². The predicted molar refractivity (Wildman–Crippen MR) is 60.5 cm³/mol. The molecular weight excluding hydrogens is 226 g/mol. The lowest BCUT2D eigenvalue weighted by molar-refractivity contribution is 1.13. The number of fused-ring (bicyclic) bond motifs is 1. The highest BCUT2D eigenvalue weighted by Gasteiger charge is 2.05. The van der Waals surface area contributed by atoms with Crippen LogP contribution in [0.25, 0.3) is 10.9 Å². The van der Waals surface area contributed by atoms with E-state index in [4.69, 9.17) is 0 Å². The Morgan fingerprint density at radius 2 is 2.08 bits per heavy atom. The van der Waals surface area contributed by atoms with Crippen molar-refractivity contribution >= 4 is 26.8 Å². The van der Waals surface area contributed by atoms with Crippen molar-refractivity contribution in [3.63, 3.8) is 0 Å². The van der Waals surface area contributed by atoms with E-state index in [-0.39, 0.29) is 0 Å². The first-order valence-corrected chi connectivity index (χ1v) is 5.57. The lowest BCUT2D eigenvalue weighted by atomic mass is 10.1. The fraction of sp³-hybridized carbons (Fsp3) is 0.273. The largest absolute Gasteiger partial charge is 0.358 e. The second kappa shape index (κ2) is 3.54. The van der Waals surface area contributed by atoms with Crippen LogP contribution in [0.5, 0.6) is 0 Å². The molecule has 2 aromatic rings. The Kier molecular flexibility index (Phi) is 2.40. The number of aromatic amines is 1. The lowest BCUT2D eigenvalue weighted by Crippen LogP contribution is -1.86. The van der Waals surface area contributed by atoms with Gasteiger partial charge >= 0.3 is 0 Å². The fourth-order valence-electron chi connectivity index (χ4n) is 1.75. The minimum absolute atomic E-state index is 1.02. The number of aryl methyl sites for hydroxylation is 2. The van der Waals surface area contributed by atoms with Crippen LogP contribution in [0.4, 0.5) is 0 Å². The number of hydrogen-bond donors (Lipinski definition) is 1. The van der Waals surface area contributed by atoms with Gasteiger partial charge in [-0.25, -0.2) is 0 Å². The molecule has 1 heterocycles. The monoisotopic (exact) mass is 237 g/mol. The van der Waals surface area contributed by atoms with Crippen molar-refractivity contribution in [3.05, 3.63) is 35.5 Å². The van der Waals surface area contributed by atoms with Gasteiger partial charge in [0.2, 0.25) is 0 Å². The van der Waals surface area contributed by atoms with E-state index in [1.807, 2.05) is 0 Å². The van der Waals surface area contributed by atoms with Crippen molar-refractivity contribution in [2.75, 3.05) is 5.33 Å². The Bertz CT molecular complexity index is 417. The summed E-state index contributed by atoms with van der Waals surface area (Å²) in [5.74, 6) is 0. The molecule has 13 heavy (non-hydrogen) atoms. The topological polar surface area (TPSA) is 15.8 Å². The Hall–Kier alpha value is -0.760. The average Bonchev–Trinajstić information content (AvgIpc) is 2.44. The zero-order chi connectivity index (χ0) is 9.26. The molecule has 0 saturated heterocycles. The van der Waals surface area contributed by atoms with Gasteiger partial charge in [-0.3, -0.25) is 0 Å². The summed E-state index contributed by atoms with van der Waals surface area (Å²) in [6.45, 7) is 2.14. The van der Waals surface area contributed by atoms with Gasteiger partial charge in [-0.15, -0.1) is 0 Å². The zero-order valence-electron chi connectivity index (χ0n) is 7.60. The Labute approximate surface area is 86.3 Å². The maximum atomic E-state index is 3.48. The van der Waals surface area contributed by atoms with E-state index in [9.17, 15) is 0 Å². The van der Waals surface area contributed by atoms with Crippen molar-refractivity contribution in [2.24, 2.45) is 0 Å². The zero-order valence-corrected chi connectivity index (χ0v) is 9.19. The van der Waals surface area contributed by atoms with Crippen molar-refractivity contribution in [1.29, 1.82) is 0 Å². The molecule has 1 aromatic carbocycles. The lowest BCUT2D eigenvalue weighted by Gasteiger charge is -1.96. The molecule has 0 aliphatic heterocycles. The molecule has 0 atom stereocenters. The molecule has 0 fully saturated rings. The molecule has 0 bridgehead atoms. The maximum absolute atomic E-state index is 3.48. The molecule has 1 nitrogen and oxygen atoms in total. The number of nitrogens with one attached hydrogen (secondary N) is 1. The smallest absolute Gasteiger partial charge is 0.0458 e. The number of aromatic nitrogens is 1. The van der Waals surface area contributed by atoms with Crippen molar-refractivity contribution in [2.45, 2.75) is 13.3 Å².